The molecule has 1 saturated carbocycles. The SMILES string of the molecule is O=S(=O)(c1ccc(C(F)(F)F)cc1)N1CCCC1c1nc(C2CC2)no1. The predicted molar refractivity (Wildman–Crippen MR) is 83.6 cm³/mol. The van der Waals surface area contributed by atoms with Crippen LogP contribution >= 0.6 is 0 Å². The Labute approximate surface area is 148 Å². The zero-order valence-corrected chi connectivity index (χ0v) is 14.4. The minimum Gasteiger partial charge on any atom is -0.338 e. The van der Waals surface area contributed by atoms with E-state index in [4.69, 9.17) is 4.52 Å². The van der Waals surface area contributed by atoms with E-state index < -0.39 is 27.8 Å². The minimum absolute atomic E-state index is 0.181. The summed E-state index contributed by atoms with van der Waals surface area (Å²) >= 11 is 0. The Morgan fingerprint density at radius 3 is 2.42 bits per heavy atom. The van der Waals surface area contributed by atoms with Crippen LogP contribution in [0.4, 0.5) is 13.2 Å². The van der Waals surface area contributed by atoms with Gasteiger partial charge in [-0.2, -0.15) is 22.5 Å². The average molecular weight is 387 g/mol. The predicted octanol–water partition coefficient (Wildman–Crippen LogP) is 3.49. The molecule has 1 aromatic heterocycles. The maximum atomic E-state index is 12.9. The van der Waals surface area contributed by atoms with Gasteiger partial charge in [0, 0.05) is 12.5 Å². The van der Waals surface area contributed by atoms with Gasteiger partial charge in [-0.3, -0.25) is 0 Å². The molecule has 0 radical (unpaired) electrons. The van der Waals surface area contributed by atoms with Crippen molar-refractivity contribution in [2.75, 3.05) is 6.54 Å². The monoisotopic (exact) mass is 387 g/mol. The lowest BCUT2D eigenvalue weighted by atomic mass is 10.2. The summed E-state index contributed by atoms with van der Waals surface area (Å²) in [7, 11) is -3.96. The summed E-state index contributed by atoms with van der Waals surface area (Å²) in [6, 6.07) is 2.93. The van der Waals surface area contributed by atoms with Crippen LogP contribution in [0.2, 0.25) is 0 Å². The first kappa shape index (κ1) is 17.5. The number of hydrogen-bond acceptors (Lipinski definition) is 5. The molecule has 2 heterocycles. The summed E-state index contributed by atoms with van der Waals surface area (Å²) in [6.07, 6.45) is -1.37. The van der Waals surface area contributed by atoms with E-state index in [1.807, 2.05) is 0 Å². The number of sulfonamides is 1. The Kier molecular flexibility index (Phi) is 4.07. The summed E-state index contributed by atoms with van der Waals surface area (Å²) < 4.78 is 70.3. The Bertz CT molecular complexity index is 905. The van der Waals surface area contributed by atoms with Crippen molar-refractivity contribution < 1.29 is 26.1 Å². The van der Waals surface area contributed by atoms with Crippen LogP contribution in [-0.4, -0.2) is 29.4 Å². The maximum absolute atomic E-state index is 12.9. The second-order valence-electron chi connectivity index (χ2n) is 6.56. The molecule has 10 heteroatoms. The Morgan fingerprint density at radius 2 is 1.81 bits per heavy atom. The highest BCUT2D eigenvalue weighted by atomic mass is 32.2. The highest BCUT2D eigenvalue weighted by molar-refractivity contribution is 7.89. The summed E-state index contributed by atoms with van der Waals surface area (Å²) in [5.74, 6) is 1.13. The number of hydrogen-bond donors (Lipinski definition) is 0. The van der Waals surface area contributed by atoms with Crippen molar-refractivity contribution in [1.29, 1.82) is 0 Å². The zero-order valence-electron chi connectivity index (χ0n) is 13.6. The number of rotatable bonds is 4. The number of benzene rings is 1. The standard InChI is InChI=1S/C16H16F3N3O3S/c17-16(18,19)11-5-7-12(8-6-11)26(23,24)22-9-1-2-13(22)15-20-14(21-25-15)10-3-4-10/h5-8,10,13H,1-4,9H2. The smallest absolute Gasteiger partial charge is 0.338 e. The van der Waals surface area contributed by atoms with Gasteiger partial charge in [-0.1, -0.05) is 5.16 Å². The van der Waals surface area contributed by atoms with E-state index in [9.17, 15) is 21.6 Å². The molecule has 0 N–H and O–H groups in total. The number of alkyl halides is 3. The molecule has 1 unspecified atom stereocenters. The summed E-state index contributed by atoms with van der Waals surface area (Å²) in [4.78, 5) is 4.14. The third-order valence-corrected chi connectivity index (χ3v) is 6.60. The van der Waals surface area contributed by atoms with Crippen molar-refractivity contribution in [1.82, 2.24) is 14.4 Å². The molecule has 1 aromatic carbocycles. The molecule has 1 aliphatic heterocycles. The van der Waals surface area contributed by atoms with E-state index >= 15 is 0 Å². The molecule has 26 heavy (non-hydrogen) atoms. The molecule has 0 amide bonds. The molecule has 2 fully saturated rings. The molecule has 1 saturated heterocycles. The van der Waals surface area contributed by atoms with E-state index in [1.165, 1.54) is 4.31 Å². The number of aromatic nitrogens is 2. The van der Waals surface area contributed by atoms with Crippen LogP contribution in [0, 0.1) is 0 Å². The van der Waals surface area contributed by atoms with Crippen LogP contribution in [0.5, 0.6) is 0 Å². The van der Waals surface area contributed by atoms with Gasteiger partial charge < -0.3 is 4.52 Å². The lowest BCUT2D eigenvalue weighted by Crippen LogP contribution is -2.31. The number of halogens is 3. The van der Waals surface area contributed by atoms with Crippen molar-refractivity contribution in [3.05, 3.63) is 41.5 Å². The summed E-state index contributed by atoms with van der Waals surface area (Å²) in [5.41, 5.74) is -0.889. The largest absolute Gasteiger partial charge is 0.416 e. The van der Waals surface area contributed by atoms with Gasteiger partial charge in [0.1, 0.15) is 6.04 Å². The average Bonchev–Trinajstić information content (AvgIpc) is 3.11. The molecular weight excluding hydrogens is 371 g/mol. The third kappa shape index (κ3) is 3.11. The highest BCUT2D eigenvalue weighted by Crippen LogP contribution is 2.41. The van der Waals surface area contributed by atoms with E-state index in [-0.39, 0.29) is 23.2 Å². The molecule has 0 bridgehead atoms. The first-order valence-electron chi connectivity index (χ1n) is 8.29. The van der Waals surface area contributed by atoms with Gasteiger partial charge in [-0.05, 0) is 49.9 Å². The van der Waals surface area contributed by atoms with Gasteiger partial charge in [0.15, 0.2) is 5.82 Å². The third-order valence-electron chi connectivity index (χ3n) is 4.68. The van der Waals surface area contributed by atoms with E-state index in [1.54, 1.807) is 0 Å². The van der Waals surface area contributed by atoms with Gasteiger partial charge in [-0.25, -0.2) is 8.42 Å². The number of nitrogens with zero attached hydrogens (tertiary/aromatic N) is 3. The van der Waals surface area contributed by atoms with Gasteiger partial charge in [0.05, 0.1) is 10.5 Å². The molecule has 1 atom stereocenters. The Balaban J connectivity index is 1.61. The second-order valence-corrected chi connectivity index (χ2v) is 8.45. The van der Waals surface area contributed by atoms with Gasteiger partial charge in [0.25, 0.3) is 0 Å². The first-order valence-corrected chi connectivity index (χ1v) is 9.73. The van der Waals surface area contributed by atoms with Crippen LogP contribution in [0.1, 0.15) is 54.9 Å². The molecule has 140 valence electrons. The Morgan fingerprint density at radius 1 is 1.12 bits per heavy atom. The molecule has 2 aliphatic rings. The van der Waals surface area contributed by atoms with E-state index in [0.29, 0.717) is 18.7 Å². The van der Waals surface area contributed by atoms with Crippen molar-refractivity contribution >= 4 is 10.0 Å². The van der Waals surface area contributed by atoms with Crippen LogP contribution in [-0.2, 0) is 16.2 Å². The van der Waals surface area contributed by atoms with Crippen molar-refractivity contribution in [3.8, 4) is 0 Å². The van der Waals surface area contributed by atoms with Gasteiger partial charge in [-0.15, -0.1) is 0 Å². The van der Waals surface area contributed by atoms with Crippen molar-refractivity contribution in [2.45, 2.75) is 48.7 Å². The van der Waals surface area contributed by atoms with Crippen LogP contribution < -0.4 is 0 Å². The molecule has 1 aliphatic carbocycles. The molecule has 4 rings (SSSR count). The van der Waals surface area contributed by atoms with E-state index in [0.717, 1.165) is 37.1 Å². The van der Waals surface area contributed by atoms with Crippen LogP contribution in [0.15, 0.2) is 33.7 Å². The molecule has 0 spiro atoms. The quantitative estimate of drug-likeness (QED) is 0.803. The lowest BCUT2D eigenvalue weighted by Gasteiger charge is -2.21. The van der Waals surface area contributed by atoms with E-state index in [2.05, 4.69) is 10.1 Å². The molecule has 2 aromatic rings. The summed E-state index contributed by atoms with van der Waals surface area (Å²) in [6.45, 7) is 0.259. The fourth-order valence-corrected chi connectivity index (χ4v) is 4.77. The second kappa shape index (κ2) is 6.05. The summed E-state index contributed by atoms with van der Waals surface area (Å²) in [5, 5.41) is 3.92. The van der Waals surface area contributed by atoms with Crippen molar-refractivity contribution in [2.24, 2.45) is 0 Å². The molecular formula is C16H16F3N3O3S. The Hall–Kier alpha value is -1.94. The highest BCUT2D eigenvalue weighted by Gasteiger charge is 2.40. The normalized spacial score (nSPS) is 22.0. The zero-order chi connectivity index (χ0) is 18.5. The topological polar surface area (TPSA) is 76.3 Å². The minimum atomic E-state index is -4.51. The lowest BCUT2D eigenvalue weighted by molar-refractivity contribution is -0.137. The van der Waals surface area contributed by atoms with Gasteiger partial charge >= 0.3 is 6.18 Å². The van der Waals surface area contributed by atoms with Crippen LogP contribution in [0.3, 0.4) is 0 Å². The fourth-order valence-electron chi connectivity index (χ4n) is 3.12. The van der Waals surface area contributed by atoms with Crippen molar-refractivity contribution in [3.63, 3.8) is 0 Å². The van der Waals surface area contributed by atoms with Crippen LogP contribution in [0.25, 0.3) is 0 Å². The first-order chi connectivity index (χ1) is 12.3. The molecule has 6 nitrogen and oxygen atoms in total. The van der Waals surface area contributed by atoms with Gasteiger partial charge in [0.2, 0.25) is 15.9 Å². The maximum Gasteiger partial charge on any atom is 0.416 e. The fraction of sp³-hybridized carbons (Fsp3) is 0.500.